The zero-order chi connectivity index (χ0) is 20.2. The predicted molar refractivity (Wildman–Crippen MR) is 120 cm³/mol. The smallest absolute Gasteiger partial charge is 0.280 e. The quantitative estimate of drug-likeness (QED) is 0.605. The fourth-order valence-electron chi connectivity index (χ4n) is 4.68. The Labute approximate surface area is 177 Å². The van der Waals surface area contributed by atoms with Crippen LogP contribution in [0, 0.1) is 0 Å². The molecule has 0 radical (unpaired) electrons. The van der Waals surface area contributed by atoms with E-state index in [9.17, 15) is 4.79 Å². The van der Waals surface area contributed by atoms with Crippen LogP contribution in [0.5, 0.6) is 0 Å². The second-order valence-electron chi connectivity index (χ2n) is 8.36. The van der Waals surface area contributed by atoms with Crippen molar-refractivity contribution in [3.63, 3.8) is 0 Å². The van der Waals surface area contributed by atoms with Gasteiger partial charge >= 0.3 is 0 Å². The Kier molecular flexibility index (Phi) is 6.36. The number of carbonyl (C=O) groups is 1. The lowest BCUT2D eigenvalue weighted by Gasteiger charge is -2.32. The van der Waals surface area contributed by atoms with Crippen molar-refractivity contribution >= 4 is 28.1 Å². The second-order valence-corrected chi connectivity index (χ2v) is 9.34. The first kappa shape index (κ1) is 20.2. The molecule has 154 valence electrons. The summed E-state index contributed by atoms with van der Waals surface area (Å²) in [7, 11) is 2.00. The normalized spacial score (nSPS) is 17.3. The zero-order valence-electron chi connectivity index (χ0n) is 17.4. The maximum atomic E-state index is 13.0. The number of carbonyl (C=O) groups excluding carboxylic acids is 1. The molecule has 5 heteroatoms. The Morgan fingerprint density at radius 1 is 1.21 bits per heavy atom. The van der Waals surface area contributed by atoms with Crippen molar-refractivity contribution in [1.82, 2.24) is 9.88 Å². The van der Waals surface area contributed by atoms with Gasteiger partial charge in [-0.2, -0.15) is 0 Å². The highest BCUT2D eigenvalue weighted by Gasteiger charge is 2.29. The summed E-state index contributed by atoms with van der Waals surface area (Å²) >= 11 is 1.80. The fourth-order valence-corrected chi connectivity index (χ4v) is 5.54. The number of hydrogen-bond donors (Lipinski definition) is 2. The highest BCUT2D eigenvalue weighted by molar-refractivity contribution is 7.10. The summed E-state index contributed by atoms with van der Waals surface area (Å²) in [6, 6.07) is 13.2. The summed E-state index contributed by atoms with van der Waals surface area (Å²) in [6.45, 7) is 2.93. The highest BCUT2D eigenvalue weighted by Crippen LogP contribution is 2.32. The molecule has 0 unspecified atom stereocenters. The van der Waals surface area contributed by atoms with Gasteiger partial charge in [0.15, 0.2) is 6.04 Å². The van der Waals surface area contributed by atoms with E-state index >= 15 is 0 Å². The van der Waals surface area contributed by atoms with Gasteiger partial charge < -0.3 is 15.2 Å². The number of aromatic amines is 1. The van der Waals surface area contributed by atoms with E-state index in [1.165, 1.54) is 40.6 Å². The molecule has 1 fully saturated rings. The maximum Gasteiger partial charge on any atom is 0.280 e. The van der Waals surface area contributed by atoms with Crippen molar-refractivity contribution in [2.45, 2.75) is 57.0 Å². The van der Waals surface area contributed by atoms with E-state index in [1.807, 2.05) is 11.9 Å². The van der Waals surface area contributed by atoms with E-state index in [-0.39, 0.29) is 17.9 Å². The molecule has 2 heterocycles. The molecule has 4 rings (SSSR count). The van der Waals surface area contributed by atoms with Crippen LogP contribution < -0.4 is 5.32 Å². The number of nitrogens with two attached hydrogens (primary N) is 1. The predicted octanol–water partition coefficient (Wildman–Crippen LogP) is 4.10. The number of nitrogens with zero attached hydrogens (tertiary/aromatic N) is 1. The molecule has 3 N–H and O–H groups in total. The first-order valence-corrected chi connectivity index (χ1v) is 11.7. The molecule has 2 aromatic heterocycles. The molecule has 1 amide bonds. The molecule has 0 spiro atoms. The van der Waals surface area contributed by atoms with E-state index in [1.54, 1.807) is 11.3 Å². The lowest BCUT2D eigenvalue weighted by molar-refractivity contribution is -0.675. The van der Waals surface area contributed by atoms with Gasteiger partial charge in [-0.1, -0.05) is 43.5 Å². The number of thiophene rings is 1. The monoisotopic (exact) mass is 410 g/mol. The van der Waals surface area contributed by atoms with Crippen LogP contribution in [-0.2, 0) is 4.79 Å². The summed E-state index contributed by atoms with van der Waals surface area (Å²) in [5.74, 6) is 0.544. The summed E-state index contributed by atoms with van der Waals surface area (Å²) in [4.78, 5) is 19.8. The lowest BCUT2D eigenvalue weighted by atomic mass is 9.94. The van der Waals surface area contributed by atoms with E-state index in [0.29, 0.717) is 6.04 Å². The van der Waals surface area contributed by atoms with Gasteiger partial charge in [0.1, 0.15) is 0 Å². The largest absolute Gasteiger partial charge is 0.361 e. The van der Waals surface area contributed by atoms with Gasteiger partial charge in [0.2, 0.25) is 0 Å². The number of quaternary nitrogens is 1. The number of aromatic nitrogens is 1. The third-order valence-corrected chi connectivity index (χ3v) is 7.45. The molecule has 1 aliphatic carbocycles. The van der Waals surface area contributed by atoms with Crippen molar-refractivity contribution in [1.29, 1.82) is 0 Å². The molecular weight excluding hydrogens is 378 g/mol. The summed E-state index contributed by atoms with van der Waals surface area (Å²) in [5, 5.41) is 5.65. The Morgan fingerprint density at radius 2 is 2.00 bits per heavy atom. The Balaban J connectivity index is 1.48. The summed E-state index contributed by atoms with van der Waals surface area (Å²) < 4.78 is 0. The molecular formula is C24H32N3OS+. The van der Waals surface area contributed by atoms with Crippen molar-refractivity contribution < 1.29 is 10.1 Å². The number of benzene rings is 1. The van der Waals surface area contributed by atoms with Crippen molar-refractivity contribution in [2.75, 3.05) is 13.6 Å². The fraction of sp³-hybridized carbons (Fsp3) is 0.458. The SMILES string of the molecule is C[C@H]([NH2+]C[C@@H](c1cccs1)c1c[nH]c2ccccc12)C(=O)N(C)C1CCCCC1. The first-order valence-electron chi connectivity index (χ1n) is 10.8. The van der Waals surface area contributed by atoms with Gasteiger partial charge in [0.05, 0.1) is 12.5 Å². The number of nitrogens with one attached hydrogen (secondary N) is 1. The van der Waals surface area contributed by atoms with Crippen LogP contribution in [-0.4, -0.2) is 41.5 Å². The van der Waals surface area contributed by atoms with Crippen LogP contribution >= 0.6 is 11.3 Å². The molecule has 1 aliphatic rings. The van der Waals surface area contributed by atoms with Crippen molar-refractivity contribution in [3.8, 4) is 0 Å². The number of H-pyrrole nitrogens is 1. The second kappa shape index (κ2) is 9.14. The van der Waals surface area contributed by atoms with Crippen molar-refractivity contribution in [2.24, 2.45) is 0 Å². The van der Waals surface area contributed by atoms with Crippen LogP contribution in [0.2, 0.25) is 0 Å². The minimum atomic E-state index is -0.0606. The number of likely N-dealkylation sites (N-methyl/N-ethyl adjacent to an activating group) is 1. The lowest BCUT2D eigenvalue weighted by Crippen LogP contribution is -2.92. The summed E-state index contributed by atoms with van der Waals surface area (Å²) in [5.41, 5.74) is 2.49. The third-order valence-electron chi connectivity index (χ3n) is 6.47. The first-order chi connectivity index (χ1) is 14.1. The van der Waals surface area contributed by atoms with Gasteiger partial charge in [-0.3, -0.25) is 4.79 Å². The standard InChI is InChI=1S/C24H31N3OS/c1-17(24(28)27(2)18-9-4-3-5-10-18)25-16-21(23-13-8-14-29-23)20-15-26-22-12-7-6-11-19(20)22/h6-8,11-15,17-18,21,25-26H,3-5,9-10,16H2,1-2H3/p+1/t17-,21+/m0/s1. The Morgan fingerprint density at radius 3 is 2.76 bits per heavy atom. The minimum Gasteiger partial charge on any atom is -0.361 e. The third kappa shape index (κ3) is 4.41. The van der Waals surface area contributed by atoms with Gasteiger partial charge in [0.25, 0.3) is 5.91 Å². The van der Waals surface area contributed by atoms with Crippen LogP contribution in [0.1, 0.15) is 55.4 Å². The molecule has 0 aliphatic heterocycles. The molecule has 4 nitrogen and oxygen atoms in total. The van der Waals surface area contributed by atoms with E-state index in [4.69, 9.17) is 0 Å². The molecule has 2 atom stereocenters. The van der Waals surface area contributed by atoms with E-state index in [2.05, 4.69) is 65.2 Å². The maximum absolute atomic E-state index is 13.0. The van der Waals surface area contributed by atoms with E-state index in [0.717, 1.165) is 19.4 Å². The molecule has 0 bridgehead atoms. The molecule has 3 aromatic rings. The van der Waals surface area contributed by atoms with Crippen LogP contribution in [0.4, 0.5) is 0 Å². The van der Waals surface area contributed by atoms with Crippen LogP contribution in [0.15, 0.2) is 48.0 Å². The number of fused-ring (bicyclic) bond motifs is 1. The van der Waals surface area contributed by atoms with Gasteiger partial charge in [0, 0.05) is 35.1 Å². The van der Waals surface area contributed by atoms with Crippen LogP contribution in [0.25, 0.3) is 10.9 Å². The Bertz CT molecular complexity index is 927. The number of para-hydroxylation sites is 1. The van der Waals surface area contributed by atoms with Gasteiger partial charge in [-0.05, 0) is 42.8 Å². The topological polar surface area (TPSA) is 52.7 Å². The molecule has 1 saturated carbocycles. The van der Waals surface area contributed by atoms with Crippen molar-refractivity contribution in [3.05, 3.63) is 58.4 Å². The molecule has 1 aromatic carbocycles. The number of rotatable bonds is 7. The highest BCUT2D eigenvalue weighted by atomic mass is 32.1. The van der Waals surface area contributed by atoms with E-state index < -0.39 is 0 Å². The number of amides is 1. The van der Waals surface area contributed by atoms with Gasteiger partial charge in [-0.25, -0.2) is 0 Å². The average molecular weight is 411 g/mol. The Hall–Kier alpha value is -2.11. The molecule has 29 heavy (non-hydrogen) atoms. The average Bonchev–Trinajstić information content (AvgIpc) is 3.44. The number of hydrogen-bond acceptors (Lipinski definition) is 2. The molecule has 0 saturated heterocycles. The minimum absolute atomic E-state index is 0.0606. The van der Waals surface area contributed by atoms with Crippen LogP contribution in [0.3, 0.4) is 0 Å². The van der Waals surface area contributed by atoms with Gasteiger partial charge in [-0.15, -0.1) is 11.3 Å². The zero-order valence-corrected chi connectivity index (χ0v) is 18.3. The summed E-state index contributed by atoms with van der Waals surface area (Å²) in [6.07, 6.45) is 8.27.